The minimum Gasteiger partial charge on any atom is -0.147 e. The van der Waals surface area contributed by atoms with Crippen molar-refractivity contribution in [2.24, 2.45) is 0 Å². The summed E-state index contributed by atoms with van der Waals surface area (Å²) in [6.45, 7) is 5.36. The topological polar surface area (TPSA) is 18.5 Å². The summed E-state index contributed by atoms with van der Waals surface area (Å²) >= 11 is 0.438. The molecule has 4 heteroatoms. The second kappa shape index (κ2) is 10.7. The summed E-state index contributed by atoms with van der Waals surface area (Å²) in [5.41, 5.74) is 0. The first kappa shape index (κ1) is 11.5. The molecule has 0 heterocycles. The van der Waals surface area contributed by atoms with Crippen LogP contribution in [0.4, 0.5) is 0 Å². The summed E-state index contributed by atoms with van der Waals surface area (Å²) in [5.74, 6) is 0. The minimum atomic E-state index is 0. The Bertz CT molecular complexity index is 33.2. The van der Waals surface area contributed by atoms with Crippen LogP contribution in [0.15, 0.2) is 0 Å². The molecule has 0 amide bonds. The molecule has 8 heavy (non-hydrogen) atoms. The molecule has 0 fully saturated rings. The van der Waals surface area contributed by atoms with Gasteiger partial charge in [0, 0.05) is 0 Å². The van der Waals surface area contributed by atoms with Crippen LogP contribution in [0.1, 0.15) is 13.8 Å². The molecule has 0 saturated heterocycles. The van der Waals surface area contributed by atoms with Crippen LogP contribution in [0.5, 0.6) is 0 Å². The Hall–Kier alpha value is 0.729. The van der Waals surface area contributed by atoms with Crippen molar-refractivity contribution in [3.63, 3.8) is 0 Å². The quantitative estimate of drug-likeness (QED) is 0.483. The number of hydrogen-bond donors (Lipinski definition) is 0. The fourth-order valence-electron chi connectivity index (χ4n) is 0.113. The predicted molar refractivity (Wildman–Crippen MR) is 30.5 cm³/mol. The van der Waals surface area contributed by atoms with E-state index in [0.717, 1.165) is 13.2 Å². The normalized spacial score (nSPS) is 8.75. The first-order valence-corrected chi connectivity index (χ1v) is 3.18. The molecule has 0 saturated carbocycles. The predicted octanol–water partition coefficient (Wildman–Crippen LogP) is 1.39. The molecule has 0 rings (SSSR count). The van der Waals surface area contributed by atoms with Crippen molar-refractivity contribution in [1.82, 2.24) is 0 Å². The van der Waals surface area contributed by atoms with Crippen molar-refractivity contribution < 1.29 is 23.3 Å². The third-order valence-corrected chi connectivity index (χ3v) is 1.19. The monoisotopic (exact) mass is 182 g/mol. The van der Waals surface area contributed by atoms with Crippen LogP contribution in [0, 0.1) is 0 Å². The van der Waals surface area contributed by atoms with Crippen molar-refractivity contribution in [3.8, 4) is 0 Å². The molecule has 0 aliphatic carbocycles. The van der Waals surface area contributed by atoms with Gasteiger partial charge in [0.15, 0.2) is 0 Å². The van der Waals surface area contributed by atoms with Gasteiger partial charge in [0.05, 0.1) is 0 Å². The van der Waals surface area contributed by atoms with Crippen LogP contribution in [-0.4, -0.2) is 13.2 Å². The Kier molecular flexibility index (Phi) is 15.4. The van der Waals surface area contributed by atoms with Crippen molar-refractivity contribution >= 4 is 12.4 Å². The molecule has 0 unspecified atom stereocenters. The molecule has 0 spiro atoms. The molecule has 0 bridgehead atoms. The standard InChI is InChI=1S/2C2H5O.ClH.Fe/c2*1-2-3;;/h2*2H2,1H3;1H;/q2*-1;;+2. The van der Waals surface area contributed by atoms with E-state index in [9.17, 15) is 0 Å². The van der Waals surface area contributed by atoms with Gasteiger partial charge in [-0.2, -0.15) is 0 Å². The zero-order valence-electron chi connectivity index (χ0n) is 4.99. The maximum Gasteiger partial charge on any atom is -0.147 e. The number of rotatable bonds is 4. The van der Waals surface area contributed by atoms with Crippen LogP contribution in [-0.2, 0) is 23.3 Å². The summed E-state index contributed by atoms with van der Waals surface area (Å²) in [4.78, 5) is 0. The Labute approximate surface area is 63.2 Å². The molecular formula is C4H11ClFeO2. The summed E-state index contributed by atoms with van der Waals surface area (Å²) in [5, 5.41) is 0. The van der Waals surface area contributed by atoms with Crippen molar-refractivity contribution in [2.45, 2.75) is 13.8 Å². The molecule has 0 aromatic carbocycles. The molecular weight excluding hydrogens is 171 g/mol. The Morgan fingerprint density at radius 3 is 1.75 bits per heavy atom. The van der Waals surface area contributed by atoms with E-state index in [-0.39, 0.29) is 12.4 Å². The third kappa shape index (κ3) is 9.88. The molecule has 0 aromatic rings. The molecule has 0 aromatic heterocycles. The average molecular weight is 182 g/mol. The fraction of sp³-hybridized carbons (Fsp3) is 1.00. The van der Waals surface area contributed by atoms with Gasteiger partial charge in [-0.05, 0) is 0 Å². The second-order valence-electron chi connectivity index (χ2n) is 0.840. The van der Waals surface area contributed by atoms with Gasteiger partial charge in [-0.1, -0.05) is 0 Å². The van der Waals surface area contributed by atoms with E-state index in [1.54, 1.807) is 0 Å². The van der Waals surface area contributed by atoms with Crippen LogP contribution >= 0.6 is 12.4 Å². The molecule has 54 valence electrons. The van der Waals surface area contributed by atoms with E-state index < -0.39 is 0 Å². The van der Waals surface area contributed by atoms with Crippen LogP contribution in [0.2, 0.25) is 0 Å². The molecule has 0 radical (unpaired) electrons. The van der Waals surface area contributed by atoms with E-state index in [4.69, 9.17) is 7.64 Å². The zero-order valence-corrected chi connectivity index (χ0v) is 6.91. The maximum absolute atomic E-state index is 4.85. The van der Waals surface area contributed by atoms with Gasteiger partial charge in [0.1, 0.15) is 0 Å². The number of hydrogen-bond acceptors (Lipinski definition) is 2. The SMILES string of the molecule is CC[O][Fe][O]CC.Cl. The Morgan fingerprint density at radius 1 is 1.12 bits per heavy atom. The third-order valence-electron chi connectivity index (χ3n) is 0.287. The largest absolute Gasteiger partial charge is 0.147 e. The number of halogens is 1. The summed E-state index contributed by atoms with van der Waals surface area (Å²) in [6.07, 6.45) is 0. The molecule has 0 N–H and O–H groups in total. The van der Waals surface area contributed by atoms with Gasteiger partial charge in [-0.3, -0.25) is 0 Å². The van der Waals surface area contributed by atoms with Gasteiger partial charge in [0.2, 0.25) is 0 Å². The average Bonchev–Trinajstić information content (AvgIpc) is 1.69. The van der Waals surface area contributed by atoms with Crippen LogP contribution in [0.3, 0.4) is 0 Å². The van der Waals surface area contributed by atoms with Gasteiger partial charge in [0.25, 0.3) is 0 Å². The van der Waals surface area contributed by atoms with Crippen LogP contribution < -0.4 is 0 Å². The van der Waals surface area contributed by atoms with Gasteiger partial charge in [-0.15, -0.1) is 12.4 Å². The van der Waals surface area contributed by atoms with Gasteiger partial charge < -0.3 is 0 Å². The van der Waals surface area contributed by atoms with E-state index in [2.05, 4.69) is 0 Å². The smallest absolute Gasteiger partial charge is 0.147 e. The van der Waals surface area contributed by atoms with Crippen LogP contribution in [0.25, 0.3) is 0 Å². The first-order chi connectivity index (χ1) is 3.41. The van der Waals surface area contributed by atoms with Gasteiger partial charge in [-0.25, -0.2) is 0 Å². The second-order valence-corrected chi connectivity index (χ2v) is 1.66. The van der Waals surface area contributed by atoms with E-state index in [1.165, 1.54) is 0 Å². The van der Waals surface area contributed by atoms with E-state index in [1.807, 2.05) is 13.8 Å². The first-order valence-electron chi connectivity index (χ1n) is 2.28. The summed E-state index contributed by atoms with van der Waals surface area (Å²) in [7, 11) is 0. The maximum atomic E-state index is 4.85. The fourth-order valence-corrected chi connectivity index (χ4v) is 0.465. The molecule has 0 atom stereocenters. The molecule has 0 aliphatic rings. The van der Waals surface area contributed by atoms with Crippen molar-refractivity contribution in [1.29, 1.82) is 0 Å². The zero-order chi connectivity index (χ0) is 5.54. The van der Waals surface area contributed by atoms with E-state index in [0.29, 0.717) is 15.6 Å². The minimum absolute atomic E-state index is 0. The molecule has 0 aliphatic heterocycles. The molecule has 2 nitrogen and oxygen atoms in total. The van der Waals surface area contributed by atoms with Crippen molar-refractivity contribution in [2.75, 3.05) is 13.2 Å². The van der Waals surface area contributed by atoms with E-state index >= 15 is 0 Å². The van der Waals surface area contributed by atoms with Gasteiger partial charge >= 0.3 is 50.3 Å². The summed E-state index contributed by atoms with van der Waals surface area (Å²) < 4.78 is 9.70. The Balaban J connectivity index is 0. The van der Waals surface area contributed by atoms with Crippen molar-refractivity contribution in [3.05, 3.63) is 0 Å². The Morgan fingerprint density at radius 2 is 1.50 bits per heavy atom. The summed E-state index contributed by atoms with van der Waals surface area (Å²) in [6, 6.07) is 0.